The van der Waals surface area contributed by atoms with Gasteiger partial charge in [-0.25, -0.2) is 27.2 Å². The van der Waals surface area contributed by atoms with Crippen LogP contribution in [0.4, 0.5) is 14.7 Å². The van der Waals surface area contributed by atoms with Gasteiger partial charge in [0.1, 0.15) is 28.8 Å². The van der Waals surface area contributed by atoms with Crippen molar-refractivity contribution in [3.05, 3.63) is 77.5 Å². The van der Waals surface area contributed by atoms with Gasteiger partial charge in [-0.1, -0.05) is 13.0 Å². The lowest BCUT2D eigenvalue weighted by Gasteiger charge is -2.20. The number of para-hydroxylation sites is 1. The molecule has 12 heteroatoms. The minimum absolute atomic E-state index is 0.0297. The van der Waals surface area contributed by atoms with Gasteiger partial charge in [-0.15, -0.1) is 10.2 Å². The number of rotatable bonds is 7. The number of aromatic nitrogens is 6. The molecule has 2 atom stereocenters. The van der Waals surface area contributed by atoms with Crippen molar-refractivity contribution in [1.29, 1.82) is 0 Å². The molecule has 0 radical (unpaired) electrons. The number of nitrogens with one attached hydrogen (secondary N) is 1. The molecular formula is C23H23F2N7O2S. The van der Waals surface area contributed by atoms with Gasteiger partial charge in [0.15, 0.2) is 5.82 Å². The summed E-state index contributed by atoms with van der Waals surface area (Å²) in [5, 5.41) is 6.91. The second-order valence-corrected chi connectivity index (χ2v) is 10.3. The summed E-state index contributed by atoms with van der Waals surface area (Å²) < 4.78 is 59.5. The van der Waals surface area contributed by atoms with Crippen molar-refractivity contribution in [2.24, 2.45) is 0 Å². The van der Waals surface area contributed by atoms with E-state index in [0.717, 1.165) is 27.8 Å². The Labute approximate surface area is 201 Å². The quantitative estimate of drug-likeness (QED) is 0.409. The molecule has 1 N–H and O–H groups in total. The van der Waals surface area contributed by atoms with Crippen LogP contribution < -0.4 is 4.72 Å². The maximum absolute atomic E-state index is 14.8. The Morgan fingerprint density at radius 3 is 2.23 bits per heavy atom. The van der Waals surface area contributed by atoms with Crippen LogP contribution >= 0.6 is 0 Å². The Morgan fingerprint density at radius 1 is 0.943 bits per heavy atom. The summed E-state index contributed by atoms with van der Waals surface area (Å²) in [4.78, 5) is 12.6. The molecule has 0 aliphatic heterocycles. The fourth-order valence-electron chi connectivity index (χ4n) is 3.43. The molecule has 0 bridgehead atoms. The maximum Gasteiger partial charge on any atom is 0.243 e. The van der Waals surface area contributed by atoms with Crippen LogP contribution in [0, 0.1) is 25.5 Å². The lowest BCUT2D eigenvalue weighted by molar-refractivity contribution is 0.564. The third-order valence-electron chi connectivity index (χ3n) is 5.60. The van der Waals surface area contributed by atoms with Gasteiger partial charge in [-0.2, -0.15) is 0 Å². The van der Waals surface area contributed by atoms with Crippen LogP contribution in [-0.2, 0) is 10.0 Å². The van der Waals surface area contributed by atoms with Gasteiger partial charge in [0.2, 0.25) is 16.0 Å². The normalized spacial score (nSPS) is 13.4. The number of benzene rings is 1. The summed E-state index contributed by atoms with van der Waals surface area (Å²) in [7, 11) is -4.12. The zero-order valence-electron chi connectivity index (χ0n) is 19.4. The van der Waals surface area contributed by atoms with Crippen LogP contribution in [0.3, 0.4) is 0 Å². The Balaban J connectivity index is 1.79. The molecule has 1 aromatic carbocycles. The van der Waals surface area contributed by atoms with Crippen LogP contribution in [-0.4, -0.2) is 43.4 Å². The number of hydrogen-bond donors (Lipinski definition) is 1. The number of halogens is 2. The molecule has 0 saturated heterocycles. The molecule has 0 amide bonds. The first-order valence-electron chi connectivity index (χ1n) is 10.7. The van der Waals surface area contributed by atoms with Crippen LogP contribution in [0.5, 0.6) is 0 Å². The van der Waals surface area contributed by atoms with E-state index in [1.807, 2.05) is 13.8 Å². The van der Waals surface area contributed by atoms with Gasteiger partial charge < -0.3 is 0 Å². The van der Waals surface area contributed by atoms with Crippen LogP contribution in [0.1, 0.15) is 36.7 Å². The van der Waals surface area contributed by atoms with Crippen molar-refractivity contribution in [3.8, 4) is 17.2 Å². The van der Waals surface area contributed by atoms with Gasteiger partial charge in [-0.3, -0.25) is 14.3 Å². The molecule has 0 saturated carbocycles. The largest absolute Gasteiger partial charge is 0.253 e. The monoisotopic (exact) mass is 499 g/mol. The number of sulfonamides is 1. The lowest BCUT2D eigenvalue weighted by Crippen LogP contribution is -2.31. The average Bonchev–Trinajstić information content (AvgIpc) is 3.21. The van der Waals surface area contributed by atoms with E-state index in [1.165, 1.54) is 19.2 Å². The zero-order valence-corrected chi connectivity index (χ0v) is 20.3. The molecule has 3 aromatic heterocycles. The summed E-state index contributed by atoms with van der Waals surface area (Å²) in [5.41, 5.74) is 1.39. The topological polar surface area (TPSA) is 116 Å². The molecule has 4 rings (SSSR count). The smallest absolute Gasteiger partial charge is 0.243 e. The standard InChI is InChI=1S/C23H23F2N7O2S/c1-13-8-9-26-19(10-13)22-29-30-23(32(22)20-17(24)6-5-7-18(20)25)31-35(33,34)16(4)15(3)21-27-11-14(2)12-28-21/h5-12,15-16H,1-4H3,(H,30,31)/t15-,16-/m0/s1. The van der Waals surface area contributed by atoms with E-state index in [1.54, 1.807) is 31.5 Å². The second kappa shape index (κ2) is 9.45. The van der Waals surface area contributed by atoms with Crippen molar-refractivity contribution >= 4 is 16.0 Å². The highest BCUT2D eigenvalue weighted by atomic mass is 32.2. The zero-order chi connectivity index (χ0) is 25.3. The van der Waals surface area contributed by atoms with E-state index < -0.39 is 38.5 Å². The molecule has 0 fully saturated rings. The van der Waals surface area contributed by atoms with Gasteiger partial charge in [0, 0.05) is 24.5 Å². The molecule has 4 aromatic rings. The predicted octanol–water partition coefficient (Wildman–Crippen LogP) is 3.95. The molecule has 35 heavy (non-hydrogen) atoms. The third kappa shape index (κ3) is 4.87. The minimum Gasteiger partial charge on any atom is -0.253 e. The number of aryl methyl sites for hydroxylation is 2. The first kappa shape index (κ1) is 24.3. The van der Waals surface area contributed by atoms with Gasteiger partial charge in [-0.05, 0) is 56.2 Å². The molecule has 182 valence electrons. The Kier molecular flexibility index (Phi) is 6.57. The van der Waals surface area contributed by atoms with E-state index in [2.05, 4.69) is 29.9 Å². The van der Waals surface area contributed by atoms with E-state index in [0.29, 0.717) is 5.82 Å². The van der Waals surface area contributed by atoms with E-state index in [-0.39, 0.29) is 17.5 Å². The highest BCUT2D eigenvalue weighted by Gasteiger charge is 2.32. The summed E-state index contributed by atoms with van der Waals surface area (Å²) in [5.74, 6) is -2.50. The summed E-state index contributed by atoms with van der Waals surface area (Å²) in [6.45, 7) is 6.81. The molecule has 0 unspecified atom stereocenters. The third-order valence-corrected chi connectivity index (χ3v) is 7.46. The molecule has 0 aliphatic rings. The number of hydrogen-bond acceptors (Lipinski definition) is 7. The van der Waals surface area contributed by atoms with Crippen LogP contribution in [0.15, 0.2) is 48.9 Å². The molecule has 3 heterocycles. The predicted molar refractivity (Wildman–Crippen MR) is 126 cm³/mol. The van der Waals surface area contributed by atoms with E-state index in [4.69, 9.17) is 0 Å². The minimum atomic E-state index is -4.12. The van der Waals surface area contributed by atoms with Crippen molar-refractivity contribution in [1.82, 2.24) is 29.7 Å². The lowest BCUT2D eigenvalue weighted by atomic mass is 10.1. The van der Waals surface area contributed by atoms with Crippen molar-refractivity contribution in [3.63, 3.8) is 0 Å². The number of pyridine rings is 1. The van der Waals surface area contributed by atoms with Gasteiger partial charge in [0.05, 0.1) is 5.25 Å². The molecule has 9 nitrogen and oxygen atoms in total. The van der Waals surface area contributed by atoms with Crippen molar-refractivity contribution in [2.45, 2.75) is 38.9 Å². The number of anilines is 1. The number of nitrogens with zero attached hydrogens (tertiary/aromatic N) is 6. The van der Waals surface area contributed by atoms with Crippen LogP contribution in [0.25, 0.3) is 17.2 Å². The Morgan fingerprint density at radius 2 is 1.60 bits per heavy atom. The highest BCUT2D eigenvalue weighted by molar-refractivity contribution is 7.93. The van der Waals surface area contributed by atoms with Gasteiger partial charge >= 0.3 is 0 Å². The fourth-order valence-corrected chi connectivity index (χ4v) is 4.66. The fraction of sp³-hybridized carbons (Fsp3) is 0.261. The van der Waals surface area contributed by atoms with E-state index >= 15 is 0 Å². The Bertz CT molecular complexity index is 1450. The summed E-state index contributed by atoms with van der Waals surface area (Å²) >= 11 is 0. The molecule has 0 aliphatic carbocycles. The molecule has 0 spiro atoms. The first-order valence-corrected chi connectivity index (χ1v) is 12.3. The second-order valence-electron chi connectivity index (χ2n) is 8.23. The van der Waals surface area contributed by atoms with Crippen molar-refractivity contribution < 1.29 is 17.2 Å². The first-order chi connectivity index (χ1) is 16.6. The molecular weight excluding hydrogens is 476 g/mol. The Hall–Kier alpha value is -3.80. The van der Waals surface area contributed by atoms with E-state index in [9.17, 15) is 17.2 Å². The highest BCUT2D eigenvalue weighted by Crippen LogP contribution is 2.30. The summed E-state index contributed by atoms with van der Waals surface area (Å²) in [6.07, 6.45) is 4.71. The summed E-state index contributed by atoms with van der Waals surface area (Å²) in [6, 6.07) is 6.72. The maximum atomic E-state index is 14.8. The van der Waals surface area contributed by atoms with Crippen LogP contribution in [0.2, 0.25) is 0 Å². The van der Waals surface area contributed by atoms with Gasteiger partial charge in [0.25, 0.3) is 0 Å². The average molecular weight is 500 g/mol. The van der Waals surface area contributed by atoms with Crippen molar-refractivity contribution in [2.75, 3.05) is 4.72 Å². The SMILES string of the molecule is Cc1cnc([C@@H](C)[C@H](C)S(=O)(=O)Nc2nnc(-c3cc(C)ccn3)n2-c2c(F)cccc2F)nc1.